The van der Waals surface area contributed by atoms with Gasteiger partial charge in [-0.15, -0.1) is 0 Å². The van der Waals surface area contributed by atoms with Gasteiger partial charge in [0.05, 0.1) is 6.61 Å². The maximum atomic E-state index is 12.2. The van der Waals surface area contributed by atoms with Crippen LogP contribution in [0.2, 0.25) is 0 Å². The molecule has 0 aromatic heterocycles. The van der Waals surface area contributed by atoms with Crippen molar-refractivity contribution in [2.75, 3.05) is 13.2 Å². The Hall–Kier alpha value is -2.25. The van der Waals surface area contributed by atoms with Crippen molar-refractivity contribution in [2.24, 2.45) is 0 Å². The fraction of sp³-hybridized carbons (Fsp3) is 0.636. The molecule has 0 aliphatic carbocycles. The molecule has 1 unspecified atom stereocenters. The molecule has 8 nitrogen and oxygen atoms in total. The van der Waals surface area contributed by atoms with Crippen molar-refractivity contribution in [3.05, 3.63) is 60.8 Å². The molecule has 0 aliphatic rings. The summed E-state index contributed by atoms with van der Waals surface area (Å²) in [5.41, 5.74) is 0. The van der Waals surface area contributed by atoms with Crippen molar-refractivity contribution in [1.82, 2.24) is 0 Å². The first-order valence-electron chi connectivity index (χ1n) is 15.6. The second kappa shape index (κ2) is 28.9. The quantitative estimate of drug-likeness (QED) is 0.0411. The fourth-order valence-corrected chi connectivity index (χ4v) is 4.23. The van der Waals surface area contributed by atoms with Crippen LogP contribution < -0.4 is 0 Å². The number of phosphoric ester groups is 1. The third-order valence-corrected chi connectivity index (χ3v) is 6.66. The Morgan fingerprint density at radius 1 is 0.643 bits per heavy atom. The summed E-state index contributed by atoms with van der Waals surface area (Å²) in [5.74, 6) is -0.980. The lowest BCUT2D eigenvalue weighted by Gasteiger charge is -2.18. The van der Waals surface area contributed by atoms with E-state index < -0.39 is 32.5 Å². The highest BCUT2D eigenvalue weighted by Crippen LogP contribution is 2.35. The number of esters is 2. The highest BCUT2D eigenvalue weighted by atomic mass is 31.2. The van der Waals surface area contributed by atoms with Crippen LogP contribution in [0.1, 0.15) is 117 Å². The highest BCUT2D eigenvalue weighted by Gasteiger charge is 2.22. The predicted octanol–water partition coefficient (Wildman–Crippen LogP) is 8.61. The van der Waals surface area contributed by atoms with Crippen LogP contribution in [0, 0.1) is 0 Å². The third-order valence-electron chi connectivity index (χ3n) is 6.18. The van der Waals surface area contributed by atoms with E-state index in [4.69, 9.17) is 19.3 Å². The molecule has 0 radical (unpaired) electrons. The van der Waals surface area contributed by atoms with E-state index in [2.05, 4.69) is 24.4 Å². The van der Waals surface area contributed by atoms with E-state index in [1.165, 1.54) is 51.4 Å². The first-order valence-corrected chi connectivity index (χ1v) is 17.2. The number of ether oxygens (including phenoxy) is 2. The number of carbonyl (C=O) groups excluding carboxylic acids is 2. The highest BCUT2D eigenvalue weighted by molar-refractivity contribution is 7.46. The fourth-order valence-electron chi connectivity index (χ4n) is 3.87. The summed E-state index contributed by atoms with van der Waals surface area (Å²) < 4.78 is 26.1. The van der Waals surface area contributed by atoms with Gasteiger partial charge >= 0.3 is 19.8 Å². The normalized spacial score (nSPS) is 13.3. The Balaban J connectivity index is 4.21. The number of unbranched alkanes of at least 4 members (excludes halogenated alkanes) is 11. The van der Waals surface area contributed by atoms with E-state index >= 15 is 0 Å². The number of phosphoric acid groups is 1. The number of hydrogen-bond acceptors (Lipinski definition) is 6. The first-order chi connectivity index (χ1) is 20.3. The average molecular weight is 611 g/mol. The minimum Gasteiger partial charge on any atom is -0.462 e. The Bertz CT molecular complexity index is 869. The van der Waals surface area contributed by atoms with Gasteiger partial charge < -0.3 is 19.3 Å². The van der Waals surface area contributed by atoms with Gasteiger partial charge in [-0.3, -0.25) is 14.1 Å². The van der Waals surface area contributed by atoms with Crippen molar-refractivity contribution in [2.45, 2.75) is 123 Å². The molecule has 1 atom stereocenters. The summed E-state index contributed by atoms with van der Waals surface area (Å²) in [5, 5.41) is 0. The zero-order valence-corrected chi connectivity index (χ0v) is 26.8. The van der Waals surface area contributed by atoms with Crippen LogP contribution in [-0.4, -0.2) is 41.0 Å². The van der Waals surface area contributed by atoms with Crippen LogP contribution >= 0.6 is 7.82 Å². The zero-order chi connectivity index (χ0) is 31.2. The average Bonchev–Trinajstić information content (AvgIpc) is 2.95. The maximum absolute atomic E-state index is 12.2. The number of rotatable bonds is 27. The van der Waals surface area contributed by atoms with E-state index in [0.717, 1.165) is 19.3 Å². The molecule has 0 amide bonds. The molecule has 0 aliphatic heterocycles. The van der Waals surface area contributed by atoms with Gasteiger partial charge in [-0.25, -0.2) is 4.57 Å². The molecule has 0 aromatic rings. The van der Waals surface area contributed by atoms with Crippen molar-refractivity contribution >= 4 is 19.8 Å². The number of hydrogen-bond donors (Lipinski definition) is 2. The summed E-state index contributed by atoms with van der Waals surface area (Å²) >= 11 is 0. The largest absolute Gasteiger partial charge is 0.469 e. The third kappa shape index (κ3) is 30.7. The van der Waals surface area contributed by atoms with Crippen LogP contribution in [0.5, 0.6) is 0 Å². The summed E-state index contributed by atoms with van der Waals surface area (Å²) in [7, 11) is -4.76. The lowest BCUT2D eigenvalue weighted by molar-refractivity contribution is -0.161. The molecule has 0 saturated carbocycles. The Kier molecular flexibility index (Phi) is 27.3. The van der Waals surface area contributed by atoms with E-state index in [9.17, 15) is 14.2 Å². The SMILES string of the molecule is CC/C=C/C=C/C=C/C=C/C=C/CCCC(=O)OC(COC(=O)CCCCCCCCCCCCC)COP(=O)(O)O. The van der Waals surface area contributed by atoms with E-state index in [1.807, 2.05) is 54.7 Å². The molecule has 0 aromatic carbocycles. The molecule has 0 rings (SSSR count). The Morgan fingerprint density at radius 2 is 1.14 bits per heavy atom. The van der Waals surface area contributed by atoms with Gasteiger partial charge in [-0.2, -0.15) is 0 Å². The lowest BCUT2D eigenvalue weighted by atomic mass is 10.1. The van der Waals surface area contributed by atoms with Crippen LogP contribution in [0.3, 0.4) is 0 Å². The van der Waals surface area contributed by atoms with Gasteiger partial charge in [0.25, 0.3) is 0 Å². The first kappa shape index (κ1) is 39.8. The smallest absolute Gasteiger partial charge is 0.462 e. The molecule has 240 valence electrons. The molecule has 0 fully saturated rings. The molecule has 9 heteroatoms. The summed E-state index contributed by atoms with van der Waals surface area (Å²) in [6, 6.07) is 0. The van der Waals surface area contributed by atoms with Crippen LogP contribution in [-0.2, 0) is 28.2 Å². The Labute approximate surface area is 254 Å². The van der Waals surface area contributed by atoms with Gasteiger partial charge in [0.2, 0.25) is 0 Å². The van der Waals surface area contributed by atoms with E-state index in [0.29, 0.717) is 19.3 Å². The second-order valence-electron chi connectivity index (χ2n) is 10.2. The van der Waals surface area contributed by atoms with Crippen molar-refractivity contribution in [3.8, 4) is 0 Å². The van der Waals surface area contributed by atoms with Gasteiger partial charge in [0.1, 0.15) is 6.61 Å². The molecule has 2 N–H and O–H groups in total. The summed E-state index contributed by atoms with van der Waals surface area (Å²) in [6.07, 6.45) is 33.9. The van der Waals surface area contributed by atoms with Crippen molar-refractivity contribution < 1.29 is 37.9 Å². The lowest BCUT2D eigenvalue weighted by Crippen LogP contribution is -2.29. The van der Waals surface area contributed by atoms with Crippen molar-refractivity contribution in [3.63, 3.8) is 0 Å². The second-order valence-corrected chi connectivity index (χ2v) is 11.4. The molecule has 0 heterocycles. The standard InChI is InChI=1S/C33H55O8P/c1-3-5-7-9-11-13-15-16-18-20-22-24-26-28-33(35)41-31(30-40-42(36,37)38)29-39-32(34)27-25-23-21-19-17-14-12-10-8-6-4-2/h5,7,9,11,13,15-16,18,20,22,31H,3-4,6,8,10,12,14,17,19,21,23-30H2,1-2H3,(H2,36,37,38)/b7-5+,11-9+,15-13+,18-16+,22-20+. The summed E-state index contributed by atoms with van der Waals surface area (Å²) in [6.45, 7) is 3.42. The monoisotopic (exact) mass is 610 g/mol. The molecule has 0 bridgehead atoms. The van der Waals surface area contributed by atoms with Crippen LogP contribution in [0.4, 0.5) is 0 Å². The Morgan fingerprint density at radius 3 is 1.69 bits per heavy atom. The molecular weight excluding hydrogens is 555 g/mol. The maximum Gasteiger partial charge on any atom is 0.469 e. The minimum absolute atomic E-state index is 0.114. The number of allylic oxidation sites excluding steroid dienone is 10. The van der Waals surface area contributed by atoms with Gasteiger partial charge in [-0.05, 0) is 25.7 Å². The van der Waals surface area contributed by atoms with Crippen LogP contribution in [0.15, 0.2) is 60.8 Å². The minimum atomic E-state index is -4.76. The van der Waals surface area contributed by atoms with Crippen molar-refractivity contribution in [1.29, 1.82) is 0 Å². The molecule has 42 heavy (non-hydrogen) atoms. The van der Waals surface area contributed by atoms with Gasteiger partial charge in [-0.1, -0.05) is 139 Å². The molecule has 0 spiro atoms. The molecular formula is C33H55O8P. The van der Waals surface area contributed by atoms with E-state index in [1.54, 1.807) is 0 Å². The van der Waals surface area contributed by atoms with E-state index in [-0.39, 0.29) is 19.4 Å². The number of carbonyl (C=O) groups is 2. The van der Waals surface area contributed by atoms with Gasteiger partial charge in [0.15, 0.2) is 6.10 Å². The zero-order valence-electron chi connectivity index (χ0n) is 25.9. The van der Waals surface area contributed by atoms with Gasteiger partial charge in [0, 0.05) is 12.8 Å². The van der Waals surface area contributed by atoms with Crippen LogP contribution in [0.25, 0.3) is 0 Å². The summed E-state index contributed by atoms with van der Waals surface area (Å²) in [4.78, 5) is 42.4. The predicted molar refractivity (Wildman–Crippen MR) is 170 cm³/mol. The topological polar surface area (TPSA) is 119 Å². The molecule has 0 saturated heterocycles.